The molecule has 0 bridgehead atoms. The molecule has 0 aliphatic carbocycles. The molecule has 2 fully saturated rings. The second-order valence-electron chi connectivity index (χ2n) is 7.00. The number of rotatable bonds is 7. The SMILES string of the molecule is O=C(OCC(O)(O)C1CO1)N1CCC(OCc2nc(-c3ccncc3)no2)CC1. The van der Waals surface area contributed by atoms with Crippen LogP contribution in [-0.2, 0) is 20.8 Å². The fourth-order valence-electron chi connectivity index (χ4n) is 2.99. The monoisotopic (exact) mass is 406 g/mol. The molecule has 11 nitrogen and oxygen atoms in total. The zero-order chi connectivity index (χ0) is 20.3. The minimum atomic E-state index is -2.14. The zero-order valence-electron chi connectivity index (χ0n) is 15.6. The van der Waals surface area contributed by atoms with Gasteiger partial charge in [0.05, 0.1) is 12.7 Å². The van der Waals surface area contributed by atoms with Gasteiger partial charge in [0.2, 0.25) is 11.6 Å². The fourth-order valence-corrected chi connectivity index (χ4v) is 2.99. The number of aromatic nitrogens is 3. The second-order valence-corrected chi connectivity index (χ2v) is 7.00. The van der Waals surface area contributed by atoms with E-state index < -0.39 is 24.6 Å². The summed E-state index contributed by atoms with van der Waals surface area (Å²) in [5.74, 6) is -1.29. The van der Waals surface area contributed by atoms with E-state index in [1.807, 2.05) is 0 Å². The Morgan fingerprint density at radius 3 is 2.69 bits per heavy atom. The highest BCUT2D eigenvalue weighted by molar-refractivity contribution is 5.67. The van der Waals surface area contributed by atoms with Crippen LogP contribution in [-0.4, -0.2) is 80.6 Å². The van der Waals surface area contributed by atoms with Crippen molar-refractivity contribution < 1.29 is 33.7 Å². The summed E-state index contributed by atoms with van der Waals surface area (Å²) in [5.41, 5.74) is 0.810. The van der Waals surface area contributed by atoms with Crippen LogP contribution in [0.5, 0.6) is 0 Å². The smallest absolute Gasteiger partial charge is 0.409 e. The van der Waals surface area contributed by atoms with Gasteiger partial charge in [-0.25, -0.2) is 4.79 Å². The van der Waals surface area contributed by atoms with Crippen molar-refractivity contribution in [3.05, 3.63) is 30.4 Å². The number of piperidine rings is 1. The Labute approximate surface area is 166 Å². The third-order valence-electron chi connectivity index (χ3n) is 4.81. The maximum atomic E-state index is 12.1. The topological polar surface area (TPSA) is 144 Å². The number of aliphatic hydroxyl groups is 2. The summed E-state index contributed by atoms with van der Waals surface area (Å²) in [7, 11) is 0. The van der Waals surface area contributed by atoms with Crippen molar-refractivity contribution in [2.75, 3.05) is 26.3 Å². The summed E-state index contributed by atoms with van der Waals surface area (Å²) in [5, 5.41) is 23.3. The van der Waals surface area contributed by atoms with Crippen LogP contribution in [0.15, 0.2) is 29.0 Å². The third kappa shape index (κ3) is 5.07. The number of pyridine rings is 1. The minimum absolute atomic E-state index is 0.0510. The zero-order valence-corrected chi connectivity index (χ0v) is 15.6. The predicted octanol–water partition coefficient (Wildman–Crippen LogP) is 0.329. The molecule has 4 heterocycles. The van der Waals surface area contributed by atoms with E-state index in [1.165, 1.54) is 4.90 Å². The molecule has 0 spiro atoms. The van der Waals surface area contributed by atoms with Crippen molar-refractivity contribution in [1.29, 1.82) is 0 Å². The quantitative estimate of drug-likeness (QED) is 0.487. The number of ether oxygens (including phenoxy) is 3. The molecule has 29 heavy (non-hydrogen) atoms. The van der Waals surface area contributed by atoms with E-state index in [4.69, 9.17) is 18.7 Å². The van der Waals surface area contributed by atoms with Crippen LogP contribution in [0.3, 0.4) is 0 Å². The standard InChI is InChI=1S/C18H22N4O7/c23-17(28-11-18(24,25)14-9-27-14)22-7-3-13(4-8-22)26-10-15-20-16(21-29-15)12-1-5-19-6-2-12/h1-2,5-6,13-14,24-25H,3-4,7-11H2. The highest BCUT2D eigenvalue weighted by Gasteiger charge is 2.45. The predicted molar refractivity (Wildman–Crippen MR) is 95.2 cm³/mol. The molecule has 2 aromatic heterocycles. The Kier molecular flexibility index (Phi) is 5.72. The number of carbonyl (C=O) groups excluding carboxylic acids is 1. The Bertz CT molecular complexity index is 817. The number of epoxide rings is 1. The first-order valence-corrected chi connectivity index (χ1v) is 9.34. The third-order valence-corrected chi connectivity index (χ3v) is 4.81. The molecule has 2 aliphatic heterocycles. The molecule has 2 aliphatic rings. The van der Waals surface area contributed by atoms with Gasteiger partial charge < -0.3 is 33.8 Å². The van der Waals surface area contributed by atoms with Crippen molar-refractivity contribution in [2.45, 2.75) is 37.4 Å². The Balaban J connectivity index is 1.18. The first-order chi connectivity index (χ1) is 14.0. The number of hydrogen-bond acceptors (Lipinski definition) is 10. The van der Waals surface area contributed by atoms with Gasteiger partial charge in [0, 0.05) is 31.0 Å². The van der Waals surface area contributed by atoms with Gasteiger partial charge in [-0.2, -0.15) is 4.98 Å². The maximum absolute atomic E-state index is 12.1. The first-order valence-electron chi connectivity index (χ1n) is 9.34. The van der Waals surface area contributed by atoms with Gasteiger partial charge in [0.1, 0.15) is 19.3 Å². The van der Waals surface area contributed by atoms with Crippen LogP contribution >= 0.6 is 0 Å². The molecule has 11 heteroatoms. The van der Waals surface area contributed by atoms with Crippen LogP contribution in [0.4, 0.5) is 4.79 Å². The first kappa shape index (κ1) is 19.7. The Hall–Kier alpha value is -2.60. The Morgan fingerprint density at radius 1 is 1.28 bits per heavy atom. The lowest BCUT2D eigenvalue weighted by Gasteiger charge is -2.31. The van der Waals surface area contributed by atoms with Gasteiger partial charge in [-0.3, -0.25) is 4.98 Å². The van der Waals surface area contributed by atoms with Gasteiger partial charge in [0.15, 0.2) is 0 Å². The molecule has 2 aromatic rings. The molecular weight excluding hydrogens is 384 g/mol. The maximum Gasteiger partial charge on any atom is 0.409 e. The molecular formula is C18H22N4O7. The lowest BCUT2D eigenvalue weighted by molar-refractivity contribution is -0.200. The van der Waals surface area contributed by atoms with Gasteiger partial charge in [-0.05, 0) is 25.0 Å². The number of likely N-dealkylation sites (tertiary alicyclic amines) is 1. The van der Waals surface area contributed by atoms with E-state index in [-0.39, 0.29) is 19.3 Å². The Morgan fingerprint density at radius 2 is 2.00 bits per heavy atom. The molecule has 156 valence electrons. The summed E-state index contributed by atoms with van der Waals surface area (Å²) < 4.78 is 20.8. The van der Waals surface area contributed by atoms with E-state index in [0.29, 0.717) is 37.6 Å². The van der Waals surface area contributed by atoms with Gasteiger partial charge in [-0.1, -0.05) is 5.16 Å². The lowest BCUT2D eigenvalue weighted by Crippen LogP contribution is -2.45. The normalized spacial score (nSPS) is 19.9. The largest absolute Gasteiger partial charge is 0.444 e. The van der Waals surface area contributed by atoms with E-state index in [9.17, 15) is 15.0 Å². The average Bonchev–Trinajstić information content (AvgIpc) is 3.51. The fraction of sp³-hybridized carbons (Fsp3) is 0.556. The van der Waals surface area contributed by atoms with E-state index in [1.54, 1.807) is 24.5 Å². The van der Waals surface area contributed by atoms with Crippen LogP contribution < -0.4 is 0 Å². The molecule has 1 atom stereocenters. The van der Waals surface area contributed by atoms with E-state index in [0.717, 1.165) is 5.56 Å². The number of amides is 1. The van der Waals surface area contributed by atoms with Crippen molar-refractivity contribution >= 4 is 6.09 Å². The van der Waals surface area contributed by atoms with Crippen molar-refractivity contribution in [3.63, 3.8) is 0 Å². The van der Waals surface area contributed by atoms with Crippen molar-refractivity contribution in [1.82, 2.24) is 20.0 Å². The molecule has 0 aromatic carbocycles. The van der Waals surface area contributed by atoms with Crippen LogP contribution in [0, 0.1) is 0 Å². The van der Waals surface area contributed by atoms with Crippen LogP contribution in [0.2, 0.25) is 0 Å². The molecule has 4 rings (SSSR count). The lowest BCUT2D eigenvalue weighted by atomic mass is 10.1. The summed E-state index contributed by atoms with van der Waals surface area (Å²) >= 11 is 0. The van der Waals surface area contributed by atoms with Gasteiger partial charge >= 0.3 is 6.09 Å². The average molecular weight is 406 g/mol. The summed E-state index contributed by atoms with van der Waals surface area (Å²) in [4.78, 5) is 21.8. The highest BCUT2D eigenvalue weighted by atomic mass is 16.7. The molecule has 0 radical (unpaired) electrons. The minimum Gasteiger partial charge on any atom is -0.444 e. The van der Waals surface area contributed by atoms with Crippen molar-refractivity contribution in [2.24, 2.45) is 0 Å². The number of hydrogen-bond donors (Lipinski definition) is 2. The van der Waals surface area contributed by atoms with Gasteiger partial charge in [-0.15, -0.1) is 0 Å². The molecule has 1 amide bonds. The second kappa shape index (κ2) is 8.41. The molecule has 2 N–H and O–H groups in total. The van der Waals surface area contributed by atoms with E-state index >= 15 is 0 Å². The van der Waals surface area contributed by atoms with E-state index in [2.05, 4.69) is 15.1 Å². The van der Waals surface area contributed by atoms with Crippen LogP contribution in [0.1, 0.15) is 18.7 Å². The summed E-state index contributed by atoms with van der Waals surface area (Å²) in [6.07, 6.45) is 3.22. The number of nitrogens with zero attached hydrogens (tertiary/aromatic N) is 4. The summed E-state index contributed by atoms with van der Waals surface area (Å²) in [6, 6.07) is 3.58. The van der Waals surface area contributed by atoms with Gasteiger partial charge in [0.25, 0.3) is 5.89 Å². The molecule has 1 unspecified atom stereocenters. The molecule has 2 saturated heterocycles. The van der Waals surface area contributed by atoms with Crippen molar-refractivity contribution in [3.8, 4) is 11.4 Å². The molecule has 0 saturated carbocycles. The van der Waals surface area contributed by atoms with Crippen LogP contribution in [0.25, 0.3) is 11.4 Å². The highest BCUT2D eigenvalue weighted by Crippen LogP contribution is 2.23. The summed E-state index contributed by atoms with van der Waals surface area (Å²) in [6.45, 7) is 0.798. The number of carbonyl (C=O) groups is 1.